The first-order chi connectivity index (χ1) is 14.9. The minimum Gasteiger partial charge on any atom is -0.363 e. The second-order valence-corrected chi connectivity index (χ2v) is 8.14. The van der Waals surface area contributed by atoms with Gasteiger partial charge in [0.15, 0.2) is 0 Å². The molecule has 1 aliphatic heterocycles. The van der Waals surface area contributed by atoms with E-state index < -0.39 is 0 Å². The highest BCUT2D eigenvalue weighted by molar-refractivity contribution is 5.98. The number of amides is 2. The Balaban J connectivity index is 2.04. The summed E-state index contributed by atoms with van der Waals surface area (Å²) < 4.78 is 0. The van der Waals surface area contributed by atoms with Crippen LogP contribution in [-0.2, 0) is 4.79 Å². The van der Waals surface area contributed by atoms with Gasteiger partial charge in [-0.05, 0) is 56.3 Å². The lowest BCUT2D eigenvalue weighted by molar-refractivity contribution is -0.117. The summed E-state index contributed by atoms with van der Waals surface area (Å²) in [4.78, 5) is 31.8. The molecule has 0 spiro atoms. The number of likely N-dealkylation sites (N-methyl/N-ethyl adjacent to an activating group) is 1. The normalized spacial score (nSPS) is 20.2. The first kappa shape index (κ1) is 22.7. The third kappa shape index (κ3) is 4.88. The highest BCUT2D eigenvalue weighted by Crippen LogP contribution is 2.43. The molecule has 1 aromatic carbocycles. The average Bonchev–Trinajstić information content (AvgIpc) is 2.74. The van der Waals surface area contributed by atoms with Gasteiger partial charge in [0.25, 0.3) is 5.91 Å². The fourth-order valence-corrected chi connectivity index (χ4v) is 4.44. The molecule has 0 bridgehead atoms. The molecule has 7 heteroatoms. The van der Waals surface area contributed by atoms with E-state index in [-0.39, 0.29) is 29.8 Å². The summed E-state index contributed by atoms with van der Waals surface area (Å²) in [5.74, 6) is 0.813. The summed E-state index contributed by atoms with van der Waals surface area (Å²) in [5, 5.41) is 9.53. The van der Waals surface area contributed by atoms with Gasteiger partial charge >= 0.3 is 0 Å². The second-order valence-electron chi connectivity index (χ2n) is 8.14. The number of aromatic nitrogens is 1. The molecular formula is C24H33N5O2. The summed E-state index contributed by atoms with van der Waals surface area (Å²) in [5.41, 5.74) is 3.32. The van der Waals surface area contributed by atoms with Crippen LogP contribution in [0.25, 0.3) is 0 Å². The number of pyridine rings is 1. The van der Waals surface area contributed by atoms with Crippen molar-refractivity contribution in [3.63, 3.8) is 0 Å². The predicted octanol–water partition coefficient (Wildman–Crippen LogP) is 3.27. The monoisotopic (exact) mass is 423 g/mol. The van der Waals surface area contributed by atoms with Crippen molar-refractivity contribution in [3.8, 4) is 0 Å². The van der Waals surface area contributed by atoms with Gasteiger partial charge < -0.3 is 20.9 Å². The topological polar surface area (TPSA) is 86.4 Å². The number of aryl methyl sites for hydroxylation is 1. The molecule has 2 amide bonds. The summed E-state index contributed by atoms with van der Waals surface area (Å²) >= 11 is 0. The lowest BCUT2D eigenvalue weighted by Crippen LogP contribution is -2.49. The van der Waals surface area contributed by atoms with Gasteiger partial charge in [-0.3, -0.25) is 9.59 Å². The Morgan fingerprint density at radius 3 is 2.58 bits per heavy atom. The number of anilines is 2. The molecule has 3 N–H and O–H groups in total. The number of nitrogens with one attached hydrogen (secondary N) is 3. The minimum absolute atomic E-state index is 0.0123. The Labute approximate surface area is 184 Å². The number of carbonyl (C=O) groups excluding carboxylic acids is 2. The van der Waals surface area contributed by atoms with E-state index in [9.17, 15) is 9.59 Å². The van der Waals surface area contributed by atoms with Crippen LogP contribution in [0.3, 0.4) is 0 Å². The van der Waals surface area contributed by atoms with Crippen LogP contribution < -0.4 is 20.9 Å². The first-order valence-electron chi connectivity index (χ1n) is 10.9. The van der Waals surface area contributed by atoms with E-state index in [4.69, 9.17) is 0 Å². The fraction of sp³-hybridized carbons (Fsp3) is 0.458. The molecule has 166 valence electrons. The fourth-order valence-electron chi connectivity index (χ4n) is 4.44. The quantitative estimate of drug-likeness (QED) is 0.595. The average molecular weight is 424 g/mol. The standard InChI is InChI=1S/C24H33N5O2/c1-6-20-16(3)23(28-22-9-7-8-15(2)27-22)19-14-18(24(31)26-13-12-25-5)10-11-21(19)29(20)17(4)30/h7-11,14,16,20,23,25H,6,12-13H2,1-5H3,(H,26,31)(H,27,28)/t16-,20?,23?/m0/s1. The number of carbonyl (C=O) groups is 2. The smallest absolute Gasteiger partial charge is 0.251 e. The molecule has 1 aromatic heterocycles. The number of hydrogen-bond acceptors (Lipinski definition) is 5. The summed E-state index contributed by atoms with van der Waals surface area (Å²) in [7, 11) is 1.85. The third-order valence-electron chi connectivity index (χ3n) is 5.96. The predicted molar refractivity (Wildman–Crippen MR) is 124 cm³/mol. The largest absolute Gasteiger partial charge is 0.363 e. The maximum atomic E-state index is 12.7. The van der Waals surface area contributed by atoms with Crippen molar-refractivity contribution in [2.75, 3.05) is 30.4 Å². The van der Waals surface area contributed by atoms with Crippen LogP contribution in [-0.4, -0.2) is 43.0 Å². The van der Waals surface area contributed by atoms with Gasteiger partial charge in [-0.25, -0.2) is 4.98 Å². The van der Waals surface area contributed by atoms with Gasteiger partial charge in [0, 0.05) is 48.9 Å². The minimum atomic E-state index is -0.120. The summed E-state index contributed by atoms with van der Waals surface area (Å²) in [6.45, 7) is 9.08. The van der Waals surface area contributed by atoms with Crippen LogP contribution in [0, 0.1) is 12.8 Å². The molecule has 1 aliphatic rings. The van der Waals surface area contributed by atoms with E-state index >= 15 is 0 Å². The molecule has 2 aromatic rings. The van der Waals surface area contributed by atoms with Crippen LogP contribution in [0.5, 0.6) is 0 Å². The van der Waals surface area contributed by atoms with Gasteiger partial charge in [0.2, 0.25) is 5.91 Å². The Morgan fingerprint density at radius 1 is 1.16 bits per heavy atom. The van der Waals surface area contributed by atoms with Gasteiger partial charge in [-0.15, -0.1) is 0 Å². The third-order valence-corrected chi connectivity index (χ3v) is 5.96. The lowest BCUT2D eigenvalue weighted by Gasteiger charge is -2.45. The zero-order valence-corrected chi connectivity index (χ0v) is 19.0. The van der Waals surface area contributed by atoms with Crippen LogP contribution in [0.1, 0.15) is 54.8 Å². The molecule has 2 heterocycles. The van der Waals surface area contributed by atoms with Crippen LogP contribution in [0.4, 0.5) is 11.5 Å². The van der Waals surface area contributed by atoms with Crippen molar-refractivity contribution >= 4 is 23.3 Å². The molecular weight excluding hydrogens is 390 g/mol. The molecule has 0 aliphatic carbocycles. The lowest BCUT2D eigenvalue weighted by atomic mass is 9.80. The molecule has 0 saturated heterocycles. The number of nitrogens with zero attached hydrogens (tertiary/aromatic N) is 2. The van der Waals surface area contributed by atoms with Crippen molar-refractivity contribution in [3.05, 3.63) is 53.2 Å². The molecule has 0 saturated carbocycles. The van der Waals surface area contributed by atoms with E-state index in [2.05, 4.69) is 34.8 Å². The number of fused-ring (bicyclic) bond motifs is 1. The Bertz CT molecular complexity index is 945. The van der Waals surface area contributed by atoms with Gasteiger partial charge in [-0.2, -0.15) is 0 Å². The van der Waals surface area contributed by atoms with Crippen LogP contribution >= 0.6 is 0 Å². The molecule has 31 heavy (non-hydrogen) atoms. The molecule has 2 unspecified atom stereocenters. The van der Waals surface area contributed by atoms with Crippen LogP contribution in [0.15, 0.2) is 36.4 Å². The SMILES string of the molecule is CCC1[C@H](C)C(Nc2cccc(C)n2)c2cc(C(=O)NCCNC)ccc2N1C(C)=O. The molecule has 7 nitrogen and oxygen atoms in total. The molecule has 3 atom stereocenters. The maximum absolute atomic E-state index is 12.7. The number of hydrogen-bond donors (Lipinski definition) is 3. The van der Waals surface area contributed by atoms with Crippen molar-refractivity contribution in [2.24, 2.45) is 5.92 Å². The van der Waals surface area contributed by atoms with Gasteiger partial charge in [0.1, 0.15) is 5.82 Å². The Morgan fingerprint density at radius 2 is 1.94 bits per heavy atom. The Hall–Kier alpha value is -2.93. The summed E-state index contributed by atoms with van der Waals surface area (Å²) in [6, 6.07) is 11.5. The zero-order chi connectivity index (χ0) is 22.5. The second kappa shape index (κ2) is 9.92. The van der Waals surface area contributed by atoms with Crippen molar-refractivity contribution < 1.29 is 9.59 Å². The number of benzene rings is 1. The highest BCUT2D eigenvalue weighted by Gasteiger charge is 2.40. The Kier molecular flexibility index (Phi) is 7.28. The van der Waals surface area contributed by atoms with Crippen molar-refractivity contribution in [1.82, 2.24) is 15.6 Å². The van der Waals surface area contributed by atoms with Gasteiger partial charge in [0.05, 0.1) is 6.04 Å². The van der Waals surface area contributed by atoms with E-state index in [1.807, 2.05) is 49.2 Å². The summed E-state index contributed by atoms with van der Waals surface area (Å²) in [6.07, 6.45) is 0.839. The van der Waals surface area contributed by atoms with Crippen molar-refractivity contribution in [1.29, 1.82) is 0 Å². The molecule has 0 radical (unpaired) electrons. The van der Waals surface area contributed by atoms with E-state index in [1.54, 1.807) is 13.0 Å². The van der Waals surface area contributed by atoms with E-state index in [0.29, 0.717) is 18.7 Å². The maximum Gasteiger partial charge on any atom is 0.251 e. The first-order valence-corrected chi connectivity index (χ1v) is 10.9. The zero-order valence-electron chi connectivity index (χ0n) is 19.0. The van der Waals surface area contributed by atoms with E-state index in [0.717, 1.165) is 29.2 Å². The van der Waals surface area contributed by atoms with E-state index in [1.165, 1.54) is 0 Å². The van der Waals surface area contributed by atoms with Crippen LogP contribution in [0.2, 0.25) is 0 Å². The highest BCUT2D eigenvalue weighted by atomic mass is 16.2. The van der Waals surface area contributed by atoms with Gasteiger partial charge in [-0.1, -0.05) is 19.9 Å². The van der Waals surface area contributed by atoms with Crippen molar-refractivity contribution in [2.45, 2.75) is 46.2 Å². The number of rotatable bonds is 7. The molecule has 0 fully saturated rings. The molecule has 3 rings (SSSR count).